The van der Waals surface area contributed by atoms with Crippen molar-refractivity contribution in [2.45, 2.75) is 37.5 Å². The monoisotopic (exact) mass is 661 g/mol. The largest absolute Gasteiger partial charge is 0.494 e. The molecule has 2 amide bonds. The summed E-state index contributed by atoms with van der Waals surface area (Å²) in [7, 11) is 2.38. The van der Waals surface area contributed by atoms with Gasteiger partial charge in [-0.15, -0.1) is 0 Å². The van der Waals surface area contributed by atoms with Crippen molar-refractivity contribution in [1.29, 1.82) is 0 Å². The molecule has 0 radical (unpaired) electrons. The number of alkyl halides is 2. The maximum atomic E-state index is 15.1. The van der Waals surface area contributed by atoms with Crippen molar-refractivity contribution >= 4 is 34.7 Å². The van der Waals surface area contributed by atoms with E-state index in [1.165, 1.54) is 39.1 Å². The number of benzene rings is 1. The van der Waals surface area contributed by atoms with Crippen molar-refractivity contribution in [1.82, 2.24) is 29.8 Å². The van der Waals surface area contributed by atoms with Crippen LogP contribution in [0.25, 0.3) is 22.4 Å². The minimum Gasteiger partial charge on any atom is -0.494 e. The fraction of sp³-hybridized carbons (Fsp3) is 0.379. The van der Waals surface area contributed by atoms with Crippen LogP contribution < -0.4 is 26.0 Å². The van der Waals surface area contributed by atoms with Gasteiger partial charge in [0.05, 0.1) is 50.2 Å². The Labute approximate surface area is 264 Å². The van der Waals surface area contributed by atoms with E-state index in [2.05, 4.69) is 35.3 Å². The van der Waals surface area contributed by atoms with Crippen molar-refractivity contribution < 1.29 is 41.7 Å². The molecule has 1 aliphatic heterocycles. The van der Waals surface area contributed by atoms with Crippen LogP contribution in [0.5, 0.6) is 5.75 Å². The molecular weight excluding hydrogens is 630 g/mol. The van der Waals surface area contributed by atoms with E-state index in [1.54, 1.807) is 9.47 Å². The molecular formula is C29H31F4N9O5. The summed E-state index contributed by atoms with van der Waals surface area (Å²) in [5.74, 6) is -2.52. The van der Waals surface area contributed by atoms with Crippen LogP contribution in [0.1, 0.15) is 18.4 Å². The van der Waals surface area contributed by atoms with Crippen LogP contribution in [0.15, 0.2) is 37.1 Å². The van der Waals surface area contributed by atoms with Crippen LogP contribution >= 0.6 is 0 Å². The van der Waals surface area contributed by atoms with E-state index in [0.717, 1.165) is 12.1 Å². The van der Waals surface area contributed by atoms with E-state index in [1.807, 2.05) is 0 Å². The summed E-state index contributed by atoms with van der Waals surface area (Å²) in [6.45, 7) is -0.125. The Morgan fingerprint density at radius 1 is 1.13 bits per heavy atom. The predicted octanol–water partition coefficient (Wildman–Crippen LogP) is 2.44. The first kappa shape index (κ1) is 33.3. The Kier molecular flexibility index (Phi) is 9.71. The third-order valence-electron chi connectivity index (χ3n) is 7.80. The van der Waals surface area contributed by atoms with E-state index in [4.69, 9.17) is 10.5 Å². The van der Waals surface area contributed by atoms with Crippen LogP contribution in [0.3, 0.4) is 0 Å². The third-order valence-corrected chi connectivity index (χ3v) is 7.80. The van der Waals surface area contributed by atoms with Gasteiger partial charge in [0.25, 0.3) is 6.43 Å². The number of urea groups is 1. The second-order valence-electron chi connectivity index (χ2n) is 10.9. The second kappa shape index (κ2) is 13.7. The zero-order valence-corrected chi connectivity index (χ0v) is 25.2. The van der Waals surface area contributed by atoms with Crippen molar-refractivity contribution in [2.24, 2.45) is 5.73 Å². The Morgan fingerprint density at radius 3 is 2.64 bits per heavy atom. The van der Waals surface area contributed by atoms with Crippen molar-refractivity contribution in [3.8, 4) is 17.0 Å². The van der Waals surface area contributed by atoms with E-state index in [-0.39, 0.29) is 60.0 Å². The number of carbonyl (C=O) groups excluding carboxylic acids is 2. The number of piperidine rings is 1. The molecule has 3 aromatic heterocycles. The number of aromatic nitrogens is 5. The number of hydrogen-bond donors (Lipinski definition) is 4. The van der Waals surface area contributed by atoms with E-state index >= 15 is 4.39 Å². The molecule has 2 atom stereocenters. The lowest BCUT2D eigenvalue weighted by Gasteiger charge is -2.44. The molecule has 1 aromatic carbocycles. The number of imidazole rings is 1. The average molecular weight is 662 g/mol. The van der Waals surface area contributed by atoms with Gasteiger partial charge in [-0.25, -0.2) is 37.3 Å². The number of fused-ring (bicyclic) bond motifs is 1. The summed E-state index contributed by atoms with van der Waals surface area (Å²) < 4.78 is 67.7. The number of nitrogens with two attached hydrogens (primary N) is 1. The highest BCUT2D eigenvalue weighted by molar-refractivity contribution is 5.96. The molecule has 250 valence electrons. The minimum absolute atomic E-state index is 0.0120. The molecule has 5 N–H and O–H groups in total. The van der Waals surface area contributed by atoms with Gasteiger partial charge in [-0.1, -0.05) is 0 Å². The number of nitrogens with zero attached hydrogens (tertiary/aromatic N) is 6. The van der Waals surface area contributed by atoms with E-state index in [9.17, 15) is 27.9 Å². The summed E-state index contributed by atoms with van der Waals surface area (Å²) in [6, 6.07) is 2.62. The summed E-state index contributed by atoms with van der Waals surface area (Å²) >= 11 is 0. The molecule has 47 heavy (non-hydrogen) atoms. The summed E-state index contributed by atoms with van der Waals surface area (Å²) in [5, 5.41) is 15.1. The minimum atomic E-state index is -3.06. The van der Waals surface area contributed by atoms with Crippen molar-refractivity contribution in [3.05, 3.63) is 54.2 Å². The van der Waals surface area contributed by atoms with Crippen molar-refractivity contribution in [2.75, 3.05) is 44.1 Å². The molecule has 4 aromatic rings. The quantitative estimate of drug-likeness (QED) is 0.145. The Hall–Kier alpha value is -5.10. The molecule has 0 saturated carbocycles. The number of hydrogen-bond acceptors (Lipinski definition) is 11. The Balaban J connectivity index is 1.53. The molecule has 14 nitrogen and oxygen atoms in total. The molecule has 18 heteroatoms. The fourth-order valence-corrected chi connectivity index (χ4v) is 5.39. The van der Waals surface area contributed by atoms with Gasteiger partial charge in [0.15, 0.2) is 28.5 Å². The van der Waals surface area contributed by atoms with Gasteiger partial charge in [-0.3, -0.25) is 15.1 Å². The molecule has 0 bridgehead atoms. The number of amides is 2. The van der Waals surface area contributed by atoms with Gasteiger partial charge < -0.3 is 35.1 Å². The Morgan fingerprint density at radius 2 is 1.91 bits per heavy atom. The number of rotatable bonds is 10. The number of pyridine rings is 1. The topological polar surface area (TPSA) is 183 Å². The number of nitrogens with one attached hydrogen (secondary N) is 2. The maximum Gasteiger partial charge on any atom is 0.325 e. The maximum absolute atomic E-state index is 15.1. The number of methoxy groups -OCH3 is 2. The lowest BCUT2D eigenvalue weighted by Crippen LogP contribution is -2.63. The predicted molar refractivity (Wildman–Crippen MR) is 160 cm³/mol. The highest BCUT2D eigenvalue weighted by atomic mass is 19.3. The first-order chi connectivity index (χ1) is 22.4. The fourth-order valence-electron chi connectivity index (χ4n) is 5.39. The van der Waals surface area contributed by atoms with Gasteiger partial charge in [-0.05, 0) is 30.5 Å². The average Bonchev–Trinajstić information content (AvgIpc) is 3.47. The number of esters is 1. The lowest BCUT2D eigenvalue weighted by atomic mass is 9.84. The molecule has 4 heterocycles. The van der Waals surface area contributed by atoms with Gasteiger partial charge >= 0.3 is 12.0 Å². The molecule has 0 unspecified atom stereocenters. The molecule has 1 fully saturated rings. The normalized spacial score (nSPS) is 17.1. The van der Waals surface area contributed by atoms with E-state index < -0.39 is 41.7 Å². The molecule has 1 saturated heterocycles. The van der Waals surface area contributed by atoms with Crippen LogP contribution in [0, 0.1) is 11.6 Å². The molecule has 1 aliphatic rings. The lowest BCUT2D eigenvalue weighted by molar-refractivity contribution is -0.139. The molecule has 0 spiro atoms. The molecule has 0 aliphatic carbocycles. The first-order valence-electron chi connectivity index (χ1n) is 14.2. The Bertz CT molecular complexity index is 1790. The van der Waals surface area contributed by atoms with Gasteiger partial charge in [0.1, 0.15) is 24.8 Å². The van der Waals surface area contributed by atoms with E-state index in [0.29, 0.717) is 24.2 Å². The van der Waals surface area contributed by atoms with Crippen LogP contribution in [-0.2, 0) is 16.1 Å². The zero-order chi connectivity index (χ0) is 33.9. The second-order valence-corrected chi connectivity index (χ2v) is 10.9. The smallest absolute Gasteiger partial charge is 0.325 e. The summed E-state index contributed by atoms with van der Waals surface area (Å²) in [6.07, 6.45) is -0.605. The SMILES string of the molecule is COC(=O)CNC(=O)Nc1ncnc2c1ncn2Cc1cc(-c2cc(F)c(OC)cc2F)ncc1N1CCC[C@](N)([C@H](O)C(F)F)C1. The summed E-state index contributed by atoms with van der Waals surface area (Å²) in [5.41, 5.74) is 5.95. The number of aliphatic hydroxyl groups is 1. The molecule has 5 rings (SSSR count). The summed E-state index contributed by atoms with van der Waals surface area (Å²) in [4.78, 5) is 42.4. The number of halogens is 4. The van der Waals surface area contributed by atoms with Gasteiger partial charge in [-0.2, -0.15) is 0 Å². The standard InChI is InChI=1S/C29H31F4N9O5/c1-46-21-8-17(30)16(7-18(21)31)19-6-15(20(9-35-19)41-5-3-4-29(34,12-41)24(44)25(32)33)11-42-14-39-23-26(37-13-38-27(23)42)40-28(45)36-10-22(43)47-2/h6-9,13-14,24-25,44H,3-5,10-12,34H2,1-2H3,(H2,36,37,38,40,45)/t24-,29-/m1/s1. The number of anilines is 2. The van der Waals surface area contributed by atoms with Crippen molar-refractivity contribution in [3.63, 3.8) is 0 Å². The first-order valence-corrected chi connectivity index (χ1v) is 14.2. The van der Waals surface area contributed by atoms with Crippen LogP contribution in [-0.4, -0.2) is 93.5 Å². The highest BCUT2D eigenvalue weighted by Gasteiger charge is 2.43. The van der Waals surface area contributed by atoms with Crippen LogP contribution in [0.2, 0.25) is 0 Å². The number of aliphatic hydroxyl groups excluding tert-OH is 1. The third kappa shape index (κ3) is 7.02. The van der Waals surface area contributed by atoms with Gasteiger partial charge in [0, 0.05) is 24.7 Å². The number of ether oxygens (including phenoxy) is 2. The zero-order valence-electron chi connectivity index (χ0n) is 25.2. The van der Waals surface area contributed by atoms with Crippen LogP contribution in [0.4, 0.5) is 33.9 Å². The number of carbonyl (C=O) groups is 2. The highest BCUT2D eigenvalue weighted by Crippen LogP contribution is 2.35. The van der Waals surface area contributed by atoms with Gasteiger partial charge in [0.2, 0.25) is 0 Å².